The Morgan fingerprint density at radius 1 is 0.964 bits per heavy atom. The van der Waals surface area contributed by atoms with E-state index in [0.29, 0.717) is 28.0 Å². The van der Waals surface area contributed by atoms with Crippen molar-refractivity contribution < 1.29 is 14.3 Å². The summed E-state index contributed by atoms with van der Waals surface area (Å²) in [5, 5.41) is 14.6. The molecule has 0 atom stereocenters. The fourth-order valence-corrected chi connectivity index (χ4v) is 2.74. The molecule has 0 aliphatic carbocycles. The van der Waals surface area contributed by atoms with Gasteiger partial charge in [-0.25, -0.2) is 0 Å². The van der Waals surface area contributed by atoms with Crippen LogP contribution in [0, 0.1) is 6.92 Å². The third-order valence-electron chi connectivity index (χ3n) is 4.01. The summed E-state index contributed by atoms with van der Waals surface area (Å²) in [4.78, 5) is 12.5. The highest BCUT2D eigenvalue weighted by molar-refractivity contribution is 6.30. The van der Waals surface area contributed by atoms with Crippen LogP contribution < -0.4 is 20.1 Å². The van der Waals surface area contributed by atoms with Gasteiger partial charge < -0.3 is 20.1 Å². The number of nitrogens with one attached hydrogen (secondary N) is 2. The molecule has 0 aliphatic heterocycles. The molecule has 1 amide bonds. The number of anilines is 3. The van der Waals surface area contributed by atoms with Gasteiger partial charge in [-0.05, 0) is 55.0 Å². The molecule has 0 radical (unpaired) electrons. The van der Waals surface area contributed by atoms with Crippen LogP contribution in [0.15, 0.2) is 48.5 Å². The van der Waals surface area contributed by atoms with Crippen LogP contribution >= 0.6 is 11.6 Å². The smallest absolute Gasteiger partial charge is 0.276 e. The third-order valence-corrected chi connectivity index (χ3v) is 4.24. The van der Waals surface area contributed by atoms with Crippen molar-refractivity contribution in [3.63, 3.8) is 0 Å². The maximum atomic E-state index is 12.5. The van der Waals surface area contributed by atoms with Gasteiger partial charge in [0.15, 0.2) is 11.5 Å². The van der Waals surface area contributed by atoms with E-state index in [1.165, 1.54) is 7.11 Å². The van der Waals surface area contributed by atoms with E-state index < -0.39 is 5.91 Å². The summed E-state index contributed by atoms with van der Waals surface area (Å²) in [6.07, 6.45) is 0. The normalized spacial score (nSPS) is 10.3. The first kappa shape index (κ1) is 19.4. The van der Waals surface area contributed by atoms with Crippen LogP contribution in [-0.2, 0) is 0 Å². The zero-order valence-corrected chi connectivity index (χ0v) is 16.4. The van der Waals surface area contributed by atoms with Gasteiger partial charge in [-0.2, -0.15) is 0 Å². The van der Waals surface area contributed by atoms with Crippen molar-refractivity contribution in [1.82, 2.24) is 10.2 Å². The molecule has 1 aromatic heterocycles. The Balaban J connectivity index is 1.72. The lowest BCUT2D eigenvalue weighted by Crippen LogP contribution is -2.15. The van der Waals surface area contributed by atoms with Crippen molar-refractivity contribution in [2.24, 2.45) is 0 Å². The second kappa shape index (κ2) is 8.58. The molecule has 0 bridgehead atoms. The molecule has 0 unspecified atom stereocenters. The number of hydrogen-bond donors (Lipinski definition) is 2. The minimum atomic E-state index is -0.398. The maximum Gasteiger partial charge on any atom is 0.276 e. The molecule has 3 rings (SSSR count). The van der Waals surface area contributed by atoms with Crippen LogP contribution in [0.3, 0.4) is 0 Å². The number of carbonyl (C=O) groups excluding carboxylic acids is 1. The van der Waals surface area contributed by atoms with Crippen LogP contribution in [0.2, 0.25) is 5.02 Å². The number of ether oxygens (including phenoxy) is 2. The standard InChI is InChI=1S/C20H19ClN4O3/c1-12-10-13(21)4-6-15(12)22-19-9-8-17(24-25-19)20(26)23-16-7-5-14(27-2)11-18(16)28-3/h4-11H,1-3H3,(H,22,25)(H,23,26). The lowest BCUT2D eigenvalue weighted by molar-refractivity contribution is 0.102. The number of carbonyl (C=O) groups is 1. The number of nitrogens with zero attached hydrogens (tertiary/aromatic N) is 2. The molecule has 2 N–H and O–H groups in total. The monoisotopic (exact) mass is 398 g/mol. The van der Waals surface area contributed by atoms with E-state index in [9.17, 15) is 4.79 Å². The number of amides is 1. The zero-order valence-electron chi connectivity index (χ0n) is 15.6. The highest BCUT2D eigenvalue weighted by Gasteiger charge is 2.13. The molecule has 8 heteroatoms. The molecule has 2 aromatic carbocycles. The quantitative estimate of drug-likeness (QED) is 0.638. The Hall–Kier alpha value is -3.32. The Kier molecular flexibility index (Phi) is 5.96. The van der Waals surface area contributed by atoms with Gasteiger partial charge in [0.05, 0.1) is 19.9 Å². The molecule has 7 nitrogen and oxygen atoms in total. The Morgan fingerprint density at radius 3 is 2.39 bits per heavy atom. The zero-order chi connectivity index (χ0) is 20.1. The molecule has 0 saturated carbocycles. The molecule has 0 aliphatic rings. The molecule has 3 aromatic rings. The minimum Gasteiger partial charge on any atom is -0.497 e. The summed E-state index contributed by atoms with van der Waals surface area (Å²) < 4.78 is 10.4. The van der Waals surface area contributed by atoms with E-state index in [4.69, 9.17) is 21.1 Å². The van der Waals surface area contributed by atoms with Gasteiger partial charge in [-0.1, -0.05) is 11.6 Å². The van der Waals surface area contributed by atoms with Gasteiger partial charge >= 0.3 is 0 Å². The highest BCUT2D eigenvalue weighted by atomic mass is 35.5. The first-order valence-corrected chi connectivity index (χ1v) is 8.78. The number of benzene rings is 2. The summed E-state index contributed by atoms with van der Waals surface area (Å²) >= 11 is 5.96. The fraction of sp³-hybridized carbons (Fsp3) is 0.150. The molecule has 28 heavy (non-hydrogen) atoms. The molecule has 1 heterocycles. The molecular weight excluding hydrogens is 380 g/mol. The van der Waals surface area contributed by atoms with Gasteiger partial charge in [0, 0.05) is 16.8 Å². The Morgan fingerprint density at radius 2 is 1.75 bits per heavy atom. The second-order valence-electron chi connectivity index (χ2n) is 5.91. The van der Waals surface area contributed by atoms with Crippen LogP contribution in [0.25, 0.3) is 0 Å². The number of aryl methyl sites for hydroxylation is 1. The van der Waals surface area contributed by atoms with Crippen LogP contribution in [0.1, 0.15) is 16.1 Å². The van der Waals surface area contributed by atoms with Crippen molar-refractivity contribution in [1.29, 1.82) is 0 Å². The first-order valence-electron chi connectivity index (χ1n) is 8.40. The van der Waals surface area contributed by atoms with E-state index in [0.717, 1.165) is 11.3 Å². The molecular formula is C20H19ClN4O3. The first-order chi connectivity index (χ1) is 13.5. The topological polar surface area (TPSA) is 85.4 Å². The predicted molar refractivity (Wildman–Crippen MR) is 109 cm³/mol. The predicted octanol–water partition coefficient (Wildman–Crippen LogP) is 4.45. The van der Waals surface area contributed by atoms with Crippen molar-refractivity contribution in [3.8, 4) is 11.5 Å². The second-order valence-corrected chi connectivity index (χ2v) is 6.34. The van der Waals surface area contributed by atoms with E-state index in [1.54, 1.807) is 43.5 Å². The van der Waals surface area contributed by atoms with Crippen molar-refractivity contribution in [2.75, 3.05) is 24.9 Å². The van der Waals surface area contributed by atoms with Crippen LogP contribution in [0.4, 0.5) is 17.2 Å². The minimum absolute atomic E-state index is 0.177. The lowest BCUT2D eigenvalue weighted by Gasteiger charge is -2.11. The number of rotatable bonds is 6. The molecule has 0 saturated heterocycles. The highest BCUT2D eigenvalue weighted by Crippen LogP contribution is 2.29. The largest absolute Gasteiger partial charge is 0.497 e. The molecule has 0 spiro atoms. The van der Waals surface area contributed by atoms with E-state index >= 15 is 0 Å². The average molecular weight is 399 g/mol. The fourth-order valence-electron chi connectivity index (χ4n) is 2.51. The van der Waals surface area contributed by atoms with Gasteiger partial charge in [0.2, 0.25) is 0 Å². The average Bonchev–Trinajstić information content (AvgIpc) is 2.71. The summed E-state index contributed by atoms with van der Waals surface area (Å²) in [6.45, 7) is 1.94. The Bertz CT molecular complexity index is 993. The number of methoxy groups -OCH3 is 2. The summed E-state index contributed by atoms with van der Waals surface area (Å²) in [5.41, 5.74) is 2.52. The van der Waals surface area contributed by atoms with Crippen LogP contribution in [0.5, 0.6) is 11.5 Å². The van der Waals surface area contributed by atoms with Crippen molar-refractivity contribution in [2.45, 2.75) is 6.92 Å². The van der Waals surface area contributed by atoms with E-state index in [1.807, 2.05) is 19.1 Å². The number of halogens is 1. The third kappa shape index (κ3) is 4.50. The van der Waals surface area contributed by atoms with Gasteiger partial charge in [-0.3, -0.25) is 4.79 Å². The number of aromatic nitrogens is 2. The van der Waals surface area contributed by atoms with Crippen molar-refractivity contribution >= 4 is 34.7 Å². The van der Waals surface area contributed by atoms with Gasteiger partial charge in [-0.15, -0.1) is 10.2 Å². The lowest BCUT2D eigenvalue weighted by atomic mass is 10.2. The number of hydrogen-bond acceptors (Lipinski definition) is 6. The maximum absolute atomic E-state index is 12.5. The van der Waals surface area contributed by atoms with E-state index in [2.05, 4.69) is 20.8 Å². The van der Waals surface area contributed by atoms with Gasteiger partial charge in [0.25, 0.3) is 5.91 Å². The van der Waals surface area contributed by atoms with Crippen LogP contribution in [-0.4, -0.2) is 30.3 Å². The molecule has 144 valence electrons. The van der Waals surface area contributed by atoms with Crippen molar-refractivity contribution in [3.05, 3.63) is 64.8 Å². The summed E-state index contributed by atoms with van der Waals surface area (Å²) in [6, 6.07) is 13.9. The molecule has 0 fully saturated rings. The van der Waals surface area contributed by atoms with Gasteiger partial charge in [0.1, 0.15) is 11.5 Å². The SMILES string of the molecule is COc1ccc(NC(=O)c2ccc(Nc3ccc(Cl)cc3C)nn2)c(OC)c1. The summed E-state index contributed by atoms with van der Waals surface area (Å²) in [5.74, 6) is 1.23. The summed E-state index contributed by atoms with van der Waals surface area (Å²) in [7, 11) is 3.08. The Labute approximate surface area is 167 Å². The van der Waals surface area contributed by atoms with E-state index in [-0.39, 0.29) is 5.69 Å².